The van der Waals surface area contributed by atoms with Crippen LogP contribution < -0.4 is 20.5 Å². The van der Waals surface area contributed by atoms with E-state index in [-0.39, 0.29) is 6.04 Å². The lowest BCUT2D eigenvalue weighted by molar-refractivity contribution is 0.297. The summed E-state index contributed by atoms with van der Waals surface area (Å²) in [6.07, 6.45) is 2.82. The second-order valence-corrected chi connectivity index (χ2v) is 7.10. The van der Waals surface area contributed by atoms with Gasteiger partial charge in [-0.1, -0.05) is 29.8 Å². The molecule has 1 fully saturated rings. The van der Waals surface area contributed by atoms with Gasteiger partial charge in [-0.15, -0.1) is 0 Å². The number of nitrogens with one attached hydrogen (secondary N) is 1. The van der Waals surface area contributed by atoms with Gasteiger partial charge in [-0.3, -0.25) is 0 Å². The lowest BCUT2D eigenvalue weighted by Gasteiger charge is -2.33. The van der Waals surface area contributed by atoms with Gasteiger partial charge in [0.05, 0.1) is 19.3 Å². The van der Waals surface area contributed by atoms with E-state index in [0.29, 0.717) is 25.1 Å². The normalized spacial score (nSPS) is 22.3. The first kappa shape index (κ1) is 17.0. The van der Waals surface area contributed by atoms with Gasteiger partial charge in [-0.05, 0) is 42.5 Å². The Balaban J connectivity index is 1.36. The molecular formula is C20H22ClN3O2. The molecule has 1 heterocycles. The number of hydrogen-bond donors (Lipinski definition) is 2. The van der Waals surface area contributed by atoms with Crippen molar-refractivity contribution in [3.63, 3.8) is 0 Å². The third-order valence-electron chi connectivity index (χ3n) is 4.80. The molecule has 0 saturated heterocycles. The Bertz CT molecular complexity index is 818. The molecule has 0 unspecified atom stereocenters. The molecule has 3 N–H and O–H groups in total. The molecule has 0 spiro atoms. The van der Waals surface area contributed by atoms with E-state index in [1.165, 1.54) is 5.56 Å². The van der Waals surface area contributed by atoms with Crippen LogP contribution in [0.4, 0.5) is 5.69 Å². The van der Waals surface area contributed by atoms with E-state index in [4.69, 9.17) is 26.8 Å². The fourth-order valence-electron chi connectivity index (χ4n) is 3.37. The molecule has 5 nitrogen and oxygen atoms in total. The quantitative estimate of drug-likeness (QED) is 0.627. The van der Waals surface area contributed by atoms with Crippen LogP contribution in [0.2, 0.25) is 5.02 Å². The molecule has 0 bridgehead atoms. The molecular weight excluding hydrogens is 350 g/mol. The number of aliphatic imine (C=N–C) groups is 1. The SMILES string of the molecule is NC(=NC1CC(c2ccccc2Cl)C1)Nc1ccc2c(c1)OCCCO2. The molecule has 2 aliphatic rings. The summed E-state index contributed by atoms with van der Waals surface area (Å²) in [5.41, 5.74) is 8.13. The fourth-order valence-corrected chi connectivity index (χ4v) is 3.66. The third-order valence-corrected chi connectivity index (χ3v) is 5.14. The smallest absolute Gasteiger partial charge is 0.193 e. The van der Waals surface area contributed by atoms with E-state index in [9.17, 15) is 0 Å². The van der Waals surface area contributed by atoms with Crippen LogP contribution in [0.15, 0.2) is 47.5 Å². The largest absolute Gasteiger partial charge is 0.490 e. The van der Waals surface area contributed by atoms with Crippen molar-refractivity contribution in [3.05, 3.63) is 53.1 Å². The Kier molecular flexibility index (Phi) is 4.89. The second kappa shape index (κ2) is 7.46. The van der Waals surface area contributed by atoms with Gasteiger partial charge in [-0.2, -0.15) is 0 Å². The Morgan fingerprint density at radius 2 is 1.85 bits per heavy atom. The van der Waals surface area contributed by atoms with Crippen molar-refractivity contribution in [2.45, 2.75) is 31.2 Å². The average molecular weight is 372 g/mol. The molecule has 26 heavy (non-hydrogen) atoms. The minimum Gasteiger partial charge on any atom is -0.490 e. The summed E-state index contributed by atoms with van der Waals surface area (Å²) < 4.78 is 11.3. The van der Waals surface area contributed by atoms with Crippen molar-refractivity contribution in [3.8, 4) is 11.5 Å². The number of ether oxygens (including phenoxy) is 2. The topological polar surface area (TPSA) is 68.9 Å². The Morgan fingerprint density at radius 3 is 2.65 bits per heavy atom. The maximum atomic E-state index is 6.27. The predicted molar refractivity (Wildman–Crippen MR) is 105 cm³/mol. The van der Waals surface area contributed by atoms with Gasteiger partial charge in [0.1, 0.15) is 0 Å². The van der Waals surface area contributed by atoms with Crippen molar-refractivity contribution in [2.75, 3.05) is 18.5 Å². The van der Waals surface area contributed by atoms with Crippen LogP contribution in [0.1, 0.15) is 30.7 Å². The van der Waals surface area contributed by atoms with Gasteiger partial charge in [0.15, 0.2) is 17.5 Å². The number of hydrogen-bond acceptors (Lipinski definition) is 3. The van der Waals surface area contributed by atoms with Gasteiger partial charge in [-0.25, -0.2) is 4.99 Å². The molecule has 0 radical (unpaired) electrons. The van der Waals surface area contributed by atoms with Gasteiger partial charge in [0.2, 0.25) is 0 Å². The first-order valence-corrected chi connectivity index (χ1v) is 9.31. The zero-order valence-electron chi connectivity index (χ0n) is 14.5. The zero-order valence-corrected chi connectivity index (χ0v) is 15.2. The molecule has 136 valence electrons. The van der Waals surface area contributed by atoms with E-state index < -0.39 is 0 Å². The molecule has 0 atom stereocenters. The molecule has 2 aromatic rings. The van der Waals surface area contributed by atoms with Crippen LogP contribution >= 0.6 is 11.6 Å². The summed E-state index contributed by atoms with van der Waals surface area (Å²) in [6.45, 7) is 1.34. The van der Waals surface area contributed by atoms with Crippen LogP contribution in [0.5, 0.6) is 11.5 Å². The summed E-state index contributed by atoms with van der Waals surface area (Å²) in [5.74, 6) is 2.39. The number of rotatable bonds is 3. The highest BCUT2D eigenvalue weighted by Crippen LogP contribution is 2.41. The van der Waals surface area contributed by atoms with Gasteiger partial charge in [0, 0.05) is 23.2 Å². The average Bonchev–Trinajstić information content (AvgIpc) is 2.83. The molecule has 1 saturated carbocycles. The maximum Gasteiger partial charge on any atom is 0.193 e. The molecule has 1 aliphatic heterocycles. The van der Waals surface area contributed by atoms with E-state index in [2.05, 4.69) is 16.4 Å². The molecule has 0 amide bonds. The molecule has 2 aromatic carbocycles. The number of nitrogens with zero attached hydrogens (tertiary/aromatic N) is 1. The minimum atomic E-state index is 0.226. The van der Waals surface area contributed by atoms with E-state index in [0.717, 1.165) is 41.5 Å². The van der Waals surface area contributed by atoms with Gasteiger partial charge in [0.25, 0.3) is 0 Å². The van der Waals surface area contributed by atoms with Crippen molar-refractivity contribution in [1.82, 2.24) is 0 Å². The summed E-state index contributed by atoms with van der Waals surface area (Å²) in [5, 5.41) is 3.98. The standard InChI is InChI=1S/C20H22ClN3O2/c21-17-5-2-1-4-16(17)13-10-15(11-13)24-20(22)23-14-6-7-18-19(12-14)26-9-3-8-25-18/h1-2,4-7,12-13,15H,3,8-11H2,(H3,22,23,24). The predicted octanol–water partition coefficient (Wildman–Crippen LogP) is 4.17. The third kappa shape index (κ3) is 3.73. The van der Waals surface area contributed by atoms with Crippen LogP contribution in [-0.2, 0) is 0 Å². The molecule has 0 aromatic heterocycles. The van der Waals surface area contributed by atoms with Crippen LogP contribution in [0.3, 0.4) is 0 Å². The van der Waals surface area contributed by atoms with E-state index >= 15 is 0 Å². The van der Waals surface area contributed by atoms with Crippen molar-refractivity contribution in [2.24, 2.45) is 10.7 Å². The van der Waals surface area contributed by atoms with Crippen LogP contribution in [-0.4, -0.2) is 25.2 Å². The highest BCUT2D eigenvalue weighted by atomic mass is 35.5. The van der Waals surface area contributed by atoms with Crippen LogP contribution in [0, 0.1) is 0 Å². The van der Waals surface area contributed by atoms with Gasteiger partial charge < -0.3 is 20.5 Å². The highest BCUT2D eigenvalue weighted by molar-refractivity contribution is 6.31. The first-order chi connectivity index (χ1) is 12.7. The van der Waals surface area contributed by atoms with Crippen molar-refractivity contribution in [1.29, 1.82) is 0 Å². The summed E-state index contributed by atoms with van der Waals surface area (Å²) in [4.78, 5) is 4.58. The monoisotopic (exact) mass is 371 g/mol. The Morgan fingerprint density at radius 1 is 1.08 bits per heavy atom. The number of nitrogens with two attached hydrogens (primary N) is 1. The van der Waals surface area contributed by atoms with E-state index in [1.807, 2.05) is 36.4 Å². The lowest BCUT2D eigenvalue weighted by atomic mass is 9.76. The number of benzene rings is 2. The number of guanidine groups is 1. The fraction of sp³-hybridized carbons (Fsp3) is 0.350. The maximum absolute atomic E-state index is 6.27. The lowest BCUT2D eigenvalue weighted by Crippen LogP contribution is -2.31. The van der Waals surface area contributed by atoms with E-state index in [1.54, 1.807) is 0 Å². The van der Waals surface area contributed by atoms with Crippen LogP contribution in [0.25, 0.3) is 0 Å². The number of halogens is 1. The van der Waals surface area contributed by atoms with Crippen molar-refractivity contribution < 1.29 is 9.47 Å². The zero-order chi connectivity index (χ0) is 17.9. The second-order valence-electron chi connectivity index (χ2n) is 6.69. The number of anilines is 1. The number of fused-ring (bicyclic) bond motifs is 1. The minimum absolute atomic E-state index is 0.226. The molecule has 4 rings (SSSR count). The first-order valence-electron chi connectivity index (χ1n) is 8.93. The molecule has 1 aliphatic carbocycles. The Labute approximate surface area is 158 Å². The van der Waals surface area contributed by atoms with Crippen molar-refractivity contribution >= 4 is 23.2 Å². The summed E-state index contributed by atoms with van der Waals surface area (Å²) >= 11 is 6.27. The van der Waals surface area contributed by atoms with Gasteiger partial charge >= 0.3 is 0 Å². The molecule has 6 heteroatoms. The summed E-state index contributed by atoms with van der Waals surface area (Å²) in [6, 6.07) is 13.9. The Hall–Kier alpha value is -2.40. The highest BCUT2D eigenvalue weighted by Gasteiger charge is 2.31. The summed E-state index contributed by atoms with van der Waals surface area (Å²) in [7, 11) is 0.